The van der Waals surface area contributed by atoms with Gasteiger partial charge in [-0.3, -0.25) is 0 Å². The van der Waals surface area contributed by atoms with Gasteiger partial charge in [-0.05, 0) is 24.0 Å². The van der Waals surface area contributed by atoms with Gasteiger partial charge in [-0.15, -0.1) is 0 Å². The molecule has 0 bridgehead atoms. The van der Waals surface area contributed by atoms with E-state index in [0.29, 0.717) is 0 Å². The molecule has 0 fully saturated rings. The van der Waals surface area contributed by atoms with E-state index in [1.165, 1.54) is 11.1 Å². The average Bonchev–Trinajstić information content (AvgIpc) is 2.65. The van der Waals surface area contributed by atoms with Gasteiger partial charge in [0.05, 0.1) is 0 Å². The molecule has 0 aliphatic heterocycles. The second-order valence-corrected chi connectivity index (χ2v) is 4.06. The number of benzene rings is 2. The van der Waals surface area contributed by atoms with Gasteiger partial charge in [0, 0.05) is 0 Å². The van der Waals surface area contributed by atoms with Crippen LogP contribution in [0, 0.1) is 0 Å². The van der Waals surface area contributed by atoms with Crippen molar-refractivity contribution in [3.63, 3.8) is 0 Å². The van der Waals surface area contributed by atoms with Crippen molar-refractivity contribution in [3.8, 4) is 0 Å². The minimum absolute atomic E-state index is 1.11. The minimum Gasteiger partial charge on any atom is -0.0842 e. The first kappa shape index (κ1) is 22.5. The molecule has 0 radical (unpaired) electrons. The molecule has 0 aliphatic carbocycles. The lowest BCUT2D eigenvalue weighted by molar-refractivity contribution is 1.14. The Kier molecular flexibility index (Phi) is 19.6. The third-order valence-corrected chi connectivity index (χ3v) is 2.60. The van der Waals surface area contributed by atoms with Crippen LogP contribution < -0.4 is 0 Å². The van der Waals surface area contributed by atoms with Crippen LogP contribution >= 0.6 is 0 Å². The lowest BCUT2D eigenvalue weighted by Crippen LogP contribution is -1.73. The third-order valence-electron chi connectivity index (χ3n) is 2.60. The summed E-state index contributed by atoms with van der Waals surface area (Å²) in [5.74, 6) is 0. The molecule has 0 aromatic heterocycles. The standard InChI is InChI=1S/C10H12.C8H10.2C2H6/c1-2-3-7-10-8-5-4-6-9-10;1-2-8-6-4-3-5-7-8;2*1-2/h3-9H,2H2,1H3;3-7H,2H2,1H3;2*1-2H3/b7-3+;;;. The number of hydrogen-bond donors (Lipinski definition) is 0. The molecule has 122 valence electrons. The molecule has 0 saturated carbocycles. The van der Waals surface area contributed by atoms with Gasteiger partial charge in [0.1, 0.15) is 0 Å². The lowest BCUT2D eigenvalue weighted by Gasteiger charge is -1.89. The van der Waals surface area contributed by atoms with Crippen LogP contribution in [0.25, 0.3) is 6.08 Å². The Bertz CT molecular complexity index is 426. The quantitative estimate of drug-likeness (QED) is 0.553. The van der Waals surface area contributed by atoms with Crippen LogP contribution in [0.5, 0.6) is 0 Å². The Hall–Kier alpha value is -1.82. The van der Waals surface area contributed by atoms with E-state index in [1.54, 1.807) is 0 Å². The van der Waals surface area contributed by atoms with Crippen molar-refractivity contribution in [2.75, 3.05) is 0 Å². The van der Waals surface area contributed by atoms with Crippen LogP contribution in [0.15, 0.2) is 66.7 Å². The highest BCUT2D eigenvalue weighted by atomic mass is 13.9. The van der Waals surface area contributed by atoms with E-state index in [9.17, 15) is 0 Å². The smallest absolute Gasteiger partial charge is 0.0260 e. The highest BCUT2D eigenvalue weighted by Gasteiger charge is 1.80. The first-order valence-corrected chi connectivity index (χ1v) is 8.62. The highest BCUT2D eigenvalue weighted by Crippen LogP contribution is 2.00. The molecule has 0 heteroatoms. The van der Waals surface area contributed by atoms with Crippen molar-refractivity contribution in [1.29, 1.82) is 0 Å². The van der Waals surface area contributed by atoms with Crippen molar-refractivity contribution in [2.45, 2.75) is 54.4 Å². The van der Waals surface area contributed by atoms with E-state index < -0.39 is 0 Å². The second kappa shape index (κ2) is 19.2. The first-order chi connectivity index (χ1) is 10.9. The largest absolute Gasteiger partial charge is 0.0842 e. The van der Waals surface area contributed by atoms with Crippen LogP contribution in [0.4, 0.5) is 0 Å². The fraction of sp³-hybridized carbons (Fsp3) is 0.364. The zero-order valence-corrected chi connectivity index (χ0v) is 15.3. The summed E-state index contributed by atoms with van der Waals surface area (Å²) >= 11 is 0. The zero-order valence-electron chi connectivity index (χ0n) is 15.3. The zero-order chi connectivity index (χ0) is 17.1. The maximum absolute atomic E-state index is 2.16. The summed E-state index contributed by atoms with van der Waals surface area (Å²) in [6.07, 6.45) is 6.55. The maximum atomic E-state index is 2.16. The van der Waals surface area contributed by atoms with Crippen molar-refractivity contribution in [2.24, 2.45) is 0 Å². The number of rotatable bonds is 3. The maximum Gasteiger partial charge on any atom is -0.0260 e. The molecule has 0 nitrogen and oxygen atoms in total. The molecule has 0 amide bonds. The predicted octanol–water partition coefficient (Wildman–Crippen LogP) is 7.41. The molecule has 0 aliphatic rings. The molecule has 0 spiro atoms. The van der Waals surface area contributed by atoms with E-state index >= 15 is 0 Å². The van der Waals surface area contributed by atoms with Crippen LogP contribution in [-0.4, -0.2) is 0 Å². The van der Waals surface area contributed by atoms with E-state index in [2.05, 4.69) is 74.5 Å². The second-order valence-electron chi connectivity index (χ2n) is 4.06. The lowest BCUT2D eigenvalue weighted by atomic mass is 10.2. The Balaban J connectivity index is 0. The number of allylic oxidation sites excluding steroid dienone is 1. The van der Waals surface area contributed by atoms with Crippen molar-refractivity contribution < 1.29 is 0 Å². The summed E-state index contributed by atoms with van der Waals surface area (Å²) in [4.78, 5) is 0. The van der Waals surface area contributed by atoms with Crippen LogP contribution in [0.3, 0.4) is 0 Å². The predicted molar refractivity (Wildman–Crippen MR) is 104 cm³/mol. The molecule has 2 rings (SSSR count). The normalized spacial score (nSPS) is 8.64. The third kappa shape index (κ3) is 13.2. The SMILES string of the molecule is CC.CC.CC/C=C/c1ccccc1.CCc1ccccc1. The molecule has 0 atom stereocenters. The van der Waals surface area contributed by atoms with Crippen molar-refractivity contribution >= 4 is 6.08 Å². The Morgan fingerprint density at radius 3 is 1.50 bits per heavy atom. The Morgan fingerprint density at radius 1 is 0.682 bits per heavy atom. The van der Waals surface area contributed by atoms with Gasteiger partial charge in [-0.1, -0.05) is 114 Å². The van der Waals surface area contributed by atoms with E-state index in [-0.39, 0.29) is 0 Å². The van der Waals surface area contributed by atoms with E-state index in [0.717, 1.165) is 12.8 Å². The highest BCUT2D eigenvalue weighted by molar-refractivity contribution is 5.48. The molecule has 2 aromatic carbocycles. The topological polar surface area (TPSA) is 0 Å². The Morgan fingerprint density at radius 2 is 1.14 bits per heavy atom. The molecule has 2 aromatic rings. The van der Waals surface area contributed by atoms with E-state index in [4.69, 9.17) is 0 Å². The summed E-state index contributed by atoms with van der Waals surface area (Å²) in [6, 6.07) is 20.8. The molecule has 0 unspecified atom stereocenters. The van der Waals surface area contributed by atoms with Gasteiger partial charge in [-0.2, -0.15) is 0 Å². The van der Waals surface area contributed by atoms with Crippen molar-refractivity contribution in [1.82, 2.24) is 0 Å². The summed E-state index contributed by atoms with van der Waals surface area (Å²) < 4.78 is 0. The fourth-order valence-electron chi connectivity index (χ4n) is 1.53. The van der Waals surface area contributed by atoms with Gasteiger partial charge in [-0.25, -0.2) is 0 Å². The Labute approximate surface area is 138 Å². The number of hydrogen-bond acceptors (Lipinski definition) is 0. The molecular formula is C22H34. The van der Waals surface area contributed by atoms with Gasteiger partial charge >= 0.3 is 0 Å². The molecule has 0 saturated heterocycles. The van der Waals surface area contributed by atoms with Gasteiger partial charge in [0.2, 0.25) is 0 Å². The fourth-order valence-corrected chi connectivity index (χ4v) is 1.53. The molecular weight excluding hydrogens is 264 g/mol. The monoisotopic (exact) mass is 298 g/mol. The van der Waals surface area contributed by atoms with Gasteiger partial charge in [0.15, 0.2) is 0 Å². The summed E-state index contributed by atoms with van der Waals surface area (Å²) in [5.41, 5.74) is 2.69. The van der Waals surface area contributed by atoms with Crippen LogP contribution in [-0.2, 0) is 6.42 Å². The van der Waals surface area contributed by atoms with E-state index in [1.807, 2.05) is 39.8 Å². The molecule has 22 heavy (non-hydrogen) atoms. The summed E-state index contributed by atoms with van der Waals surface area (Å²) in [5, 5.41) is 0. The van der Waals surface area contributed by atoms with Gasteiger partial charge < -0.3 is 0 Å². The summed E-state index contributed by atoms with van der Waals surface area (Å²) in [7, 11) is 0. The number of aryl methyl sites for hydroxylation is 1. The van der Waals surface area contributed by atoms with Gasteiger partial charge in [0.25, 0.3) is 0 Å². The average molecular weight is 299 g/mol. The molecule has 0 heterocycles. The van der Waals surface area contributed by atoms with Crippen molar-refractivity contribution in [3.05, 3.63) is 77.9 Å². The molecule has 0 N–H and O–H groups in total. The van der Waals surface area contributed by atoms with Crippen LogP contribution in [0.2, 0.25) is 0 Å². The first-order valence-electron chi connectivity index (χ1n) is 8.62. The van der Waals surface area contributed by atoms with Crippen LogP contribution in [0.1, 0.15) is 59.1 Å². The minimum atomic E-state index is 1.11. The summed E-state index contributed by atoms with van der Waals surface area (Å²) in [6.45, 7) is 12.3.